The molecule has 4 aromatic rings. The zero-order valence-electron chi connectivity index (χ0n) is 15.3. The maximum atomic E-state index is 12.5. The van der Waals surface area contributed by atoms with Crippen LogP contribution in [0.5, 0.6) is 5.75 Å². The van der Waals surface area contributed by atoms with Crippen molar-refractivity contribution in [2.24, 2.45) is 0 Å². The number of aromatic nitrogens is 4. The standard InChI is InChI=1S/C20H15ClN4O4/c1-28-16-7-5-13(6-8-16)18-22-17(29-23-18)12-24-9-10-25(20(27)19(24)26)15-4-2-3-14(21)11-15/h2-11H,12H2,1H3. The van der Waals surface area contributed by atoms with Crippen molar-refractivity contribution in [1.82, 2.24) is 19.3 Å². The lowest BCUT2D eigenvalue weighted by Crippen LogP contribution is -2.40. The van der Waals surface area contributed by atoms with E-state index in [1.54, 1.807) is 55.6 Å². The van der Waals surface area contributed by atoms with E-state index in [0.29, 0.717) is 22.3 Å². The van der Waals surface area contributed by atoms with Gasteiger partial charge in [0.2, 0.25) is 11.7 Å². The molecule has 2 aromatic carbocycles. The van der Waals surface area contributed by atoms with Gasteiger partial charge in [0, 0.05) is 23.0 Å². The number of methoxy groups -OCH3 is 1. The highest BCUT2D eigenvalue weighted by Crippen LogP contribution is 2.19. The first-order valence-corrected chi connectivity index (χ1v) is 8.98. The molecule has 0 saturated carbocycles. The highest BCUT2D eigenvalue weighted by atomic mass is 35.5. The summed E-state index contributed by atoms with van der Waals surface area (Å²) in [6.07, 6.45) is 2.98. The quantitative estimate of drug-likeness (QED) is 0.470. The number of rotatable bonds is 5. The second-order valence-electron chi connectivity index (χ2n) is 6.13. The highest BCUT2D eigenvalue weighted by molar-refractivity contribution is 6.30. The predicted octanol–water partition coefficient (Wildman–Crippen LogP) is 2.76. The molecule has 0 aliphatic heterocycles. The summed E-state index contributed by atoms with van der Waals surface area (Å²) in [5.41, 5.74) is -0.169. The maximum absolute atomic E-state index is 12.5. The molecule has 0 amide bonds. The Morgan fingerprint density at radius 1 is 1.07 bits per heavy atom. The van der Waals surface area contributed by atoms with Gasteiger partial charge in [-0.15, -0.1) is 0 Å². The molecular formula is C20H15ClN4O4. The molecule has 8 nitrogen and oxygen atoms in total. The summed E-state index contributed by atoms with van der Waals surface area (Å²) in [5, 5.41) is 4.39. The fraction of sp³-hybridized carbons (Fsp3) is 0.100. The first-order chi connectivity index (χ1) is 14.0. The fourth-order valence-corrected chi connectivity index (χ4v) is 2.97. The van der Waals surface area contributed by atoms with Gasteiger partial charge >= 0.3 is 11.1 Å². The Morgan fingerprint density at radius 2 is 1.86 bits per heavy atom. The lowest BCUT2D eigenvalue weighted by atomic mass is 10.2. The number of benzene rings is 2. The van der Waals surface area contributed by atoms with Gasteiger partial charge in [0.15, 0.2) is 0 Å². The zero-order chi connectivity index (χ0) is 20.4. The van der Waals surface area contributed by atoms with Crippen molar-refractivity contribution in [3.05, 3.63) is 92.5 Å². The van der Waals surface area contributed by atoms with Crippen molar-refractivity contribution in [3.63, 3.8) is 0 Å². The highest BCUT2D eigenvalue weighted by Gasteiger charge is 2.12. The average Bonchev–Trinajstić information content (AvgIpc) is 3.20. The molecule has 0 aliphatic carbocycles. The molecule has 0 bridgehead atoms. The van der Waals surface area contributed by atoms with Crippen LogP contribution in [-0.2, 0) is 6.54 Å². The Bertz CT molecular complexity index is 1270. The summed E-state index contributed by atoms with van der Waals surface area (Å²) in [6, 6.07) is 13.8. The number of hydrogen-bond donors (Lipinski definition) is 0. The van der Waals surface area contributed by atoms with Gasteiger partial charge in [-0.05, 0) is 42.5 Å². The maximum Gasteiger partial charge on any atom is 0.320 e. The fourth-order valence-electron chi connectivity index (χ4n) is 2.78. The van der Waals surface area contributed by atoms with E-state index in [2.05, 4.69) is 10.1 Å². The SMILES string of the molecule is COc1ccc(-c2noc(Cn3ccn(-c4cccc(Cl)c4)c(=O)c3=O)n2)cc1. The Balaban J connectivity index is 1.60. The van der Waals surface area contributed by atoms with Gasteiger partial charge in [0.25, 0.3) is 0 Å². The van der Waals surface area contributed by atoms with E-state index < -0.39 is 11.1 Å². The number of ether oxygens (including phenoxy) is 1. The monoisotopic (exact) mass is 410 g/mol. The van der Waals surface area contributed by atoms with E-state index in [4.69, 9.17) is 20.9 Å². The number of hydrogen-bond acceptors (Lipinski definition) is 6. The molecular weight excluding hydrogens is 396 g/mol. The Kier molecular flexibility index (Phi) is 5.01. The third-order valence-corrected chi connectivity index (χ3v) is 4.50. The third-order valence-electron chi connectivity index (χ3n) is 4.27. The van der Waals surface area contributed by atoms with Crippen LogP contribution in [0.1, 0.15) is 5.89 Å². The normalized spacial score (nSPS) is 10.8. The van der Waals surface area contributed by atoms with Gasteiger partial charge in [0.1, 0.15) is 12.3 Å². The Hall–Kier alpha value is -3.65. The minimum absolute atomic E-state index is 0.0202. The zero-order valence-corrected chi connectivity index (χ0v) is 16.0. The molecule has 0 fully saturated rings. The van der Waals surface area contributed by atoms with Crippen molar-refractivity contribution < 1.29 is 9.26 Å². The molecule has 0 radical (unpaired) electrons. The lowest BCUT2D eigenvalue weighted by molar-refractivity contribution is 0.369. The van der Waals surface area contributed by atoms with E-state index in [1.807, 2.05) is 0 Å². The van der Waals surface area contributed by atoms with Crippen LogP contribution in [0, 0.1) is 0 Å². The van der Waals surface area contributed by atoms with Crippen LogP contribution in [0.15, 0.2) is 75.0 Å². The smallest absolute Gasteiger partial charge is 0.320 e. The topological polar surface area (TPSA) is 92.2 Å². The largest absolute Gasteiger partial charge is 0.497 e. The molecule has 0 aliphatic rings. The van der Waals surface area contributed by atoms with Crippen LogP contribution in [0.3, 0.4) is 0 Å². The van der Waals surface area contributed by atoms with Crippen LogP contribution in [0.25, 0.3) is 17.1 Å². The molecule has 2 heterocycles. The Labute approximate surface area is 169 Å². The van der Waals surface area contributed by atoms with Crippen LogP contribution in [0.4, 0.5) is 0 Å². The van der Waals surface area contributed by atoms with Gasteiger partial charge in [-0.3, -0.25) is 18.7 Å². The molecule has 2 aromatic heterocycles. The summed E-state index contributed by atoms with van der Waals surface area (Å²) in [5.74, 6) is 1.30. The van der Waals surface area contributed by atoms with Crippen LogP contribution >= 0.6 is 11.6 Å². The van der Waals surface area contributed by atoms with Gasteiger partial charge in [-0.25, -0.2) is 0 Å². The van der Waals surface area contributed by atoms with E-state index in [1.165, 1.54) is 21.5 Å². The van der Waals surface area contributed by atoms with Crippen LogP contribution in [0.2, 0.25) is 5.02 Å². The number of nitrogens with zero attached hydrogens (tertiary/aromatic N) is 4. The molecule has 0 spiro atoms. The predicted molar refractivity (Wildman–Crippen MR) is 107 cm³/mol. The van der Waals surface area contributed by atoms with Gasteiger partial charge in [-0.1, -0.05) is 22.8 Å². The molecule has 29 heavy (non-hydrogen) atoms. The molecule has 4 rings (SSSR count). The summed E-state index contributed by atoms with van der Waals surface area (Å²) >= 11 is 5.96. The molecule has 0 atom stereocenters. The van der Waals surface area contributed by atoms with Crippen molar-refractivity contribution >= 4 is 11.6 Å². The summed E-state index contributed by atoms with van der Waals surface area (Å²) in [4.78, 5) is 29.3. The summed E-state index contributed by atoms with van der Waals surface area (Å²) < 4.78 is 12.8. The average molecular weight is 411 g/mol. The van der Waals surface area contributed by atoms with E-state index in [-0.39, 0.29) is 12.4 Å². The summed E-state index contributed by atoms with van der Waals surface area (Å²) in [7, 11) is 1.58. The van der Waals surface area contributed by atoms with Crippen molar-refractivity contribution in [3.8, 4) is 22.8 Å². The second kappa shape index (κ2) is 7.76. The van der Waals surface area contributed by atoms with E-state index in [9.17, 15) is 9.59 Å². The van der Waals surface area contributed by atoms with Crippen LogP contribution in [-0.4, -0.2) is 26.4 Å². The van der Waals surface area contributed by atoms with Gasteiger partial charge < -0.3 is 9.26 Å². The van der Waals surface area contributed by atoms with Crippen molar-refractivity contribution in [1.29, 1.82) is 0 Å². The molecule has 9 heteroatoms. The van der Waals surface area contributed by atoms with Crippen LogP contribution < -0.4 is 15.9 Å². The molecule has 146 valence electrons. The van der Waals surface area contributed by atoms with Crippen molar-refractivity contribution in [2.75, 3.05) is 7.11 Å². The number of halogens is 1. The summed E-state index contributed by atoms with van der Waals surface area (Å²) in [6.45, 7) is -0.0202. The minimum Gasteiger partial charge on any atom is -0.497 e. The lowest BCUT2D eigenvalue weighted by Gasteiger charge is -2.07. The minimum atomic E-state index is -0.711. The second-order valence-corrected chi connectivity index (χ2v) is 6.56. The molecule has 0 saturated heterocycles. The first kappa shape index (κ1) is 18.7. The van der Waals surface area contributed by atoms with Gasteiger partial charge in [-0.2, -0.15) is 4.98 Å². The van der Waals surface area contributed by atoms with Crippen molar-refractivity contribution in [2.45, 2.75) is 6.54 Å². The van der Waals surface area contributed by atoms with E-state index in [0.717, 1.165) is 5.56 Å². The molecule has 0 N–H and O–H groups in total. The Morgan fingerprint density at radius 3 is 2.59 bits per heavy atom. The van der Waals surface area contributed by atoms with E-state index >= 15 is 0 Å². The molecule has 0 unspecified atom stereocenters. The first-order valence-electron chi connectivity index (χ1n) is 8.60. The third kappa shape index (κ3) is 3.83. The van der Waals surface area contributed by atoms with Gasteiger partial charge in [0.05, 0.1) is 12.8 Å².